The van der Waals surface area contributed by atoms with Gasteiger partial charge < -0.3 is 10.2 Å². The summed E-state index contributed by atoms with van der Waals surface area (Å²) in [6.45, 7) is 6.25. The summed E-state index contributed by atoms with van der Waals surface area (Å²) in [6.07, 6.45) is 15.1. The van der Waals surface area contributed by atoms with E-state index in [-0.39, 0.29) is 66.0 Å². The first-order chi connectivity index (χ1) is 23.1. The largest absolute Gasteiger partial charge is 0.341 e. The smallest absolute Gasteiger partial charge is 0.272 e. The van der Waals surface area contributed by atoms with Gasteiger partial charge in [-0.05, 0) is 81.0 Å². The number of aromatic nitrogens is 2. The van der Waals surface area contributed by atoms with E-state index in [0.29, 0.717) is 31.2 Å². The molecule has 2 amide bonds. The highest BCUT2D eigenvalue weighted by atomic mass is 16.2. The van der Waals surface area contributed by atoms with Crippen LogP contribution in [0.1, 0.15) is 128 Å². The van der Waals surface area contributed by atoms with Crippen molar-refractivity contribution in [2.45, 2.75) is 129 Å². The number of carbonyl (C=O) groups is 6. The Morgan fingerprint density at radius 1 is 0.917 bits per heavy atom. The average molecular weight is 663 g/mol. The van der Waals surface area contributed by atoms with Crippen molar-refractivity contribution in [3.8, 4) is 0 Å². The molecule has 48 heavy (non-hydrogen) atoms. The van der Waals surface area contributed by atoms with Crippen molar-refractivity contribution in [1.29, 1.82) is 0 Å². The minimum absolute atomic E-state index is 0.0224. The van der Waals surface area contributed by atoms with E-state index in [9.17, 15) is 28.8 Å². The summed E-state index contributed by atoms with van der Waals surface area (Å²) in [7, 11) is 0. The topological polar surface area (TPSA) is 143 Å². The molecule has 1 aromatic rings. The van der Waals surface area contributed by atoms with E-state index >= 15 is 0 Å². The van der Waals surface area contributed by atoms with Crippen LogP contribution in [0.4, 0.5) is 0 Å². The number of likely N-dealkylation sites (tertiary alicyclic amines) is 1. The number of amides is 2. The van der Waals surface area contributed by atoms with Gasteiger partial charge in [0.15, 0.2) is 17.3 Å². The van der Waals surface area contributed by atoms with Gasteiger partial charge in [-0.2, -0.15) is 0 Å². The molecule has 262 valence electrons. The Morgan fingerprint density at radius 2 is 1.65 bits per heavy atom. The molecule has 1 saturated heterocycles. The summed E-state index contributed by atoms with van der Waals surface area (Å²) in [5, 5.41) is 2.95. The predicted molar refractivity (Wildman–Crippen MR) is 180 cm³/mol. The highest BCUT2D eigenvalue weighted by molar-refractivity contribution is 6.38. The van der Waals surface area contributed by atoms with Crippen molar-refractivity contribution in [3.63, 3.8) is 0 Å². The first-order valence-electron chi connectivity index (χ1n) is 18.6. The lowest BCUT2D eigenvalue weighted by Gasteiger charge is -2.34. The molecule has 10 heteroatoms. The maximum Gasteiger partial charge on any atom is 0.272 e. The SMILES string of the molecule is CCCC(CC(=O)[C@@H]1C(C2CC2)CCN1C(=O)[C@@H](CC(=O)[C@@H](NC(=O)c1cnccn1)C1CCCCC1)C(C)C)C(=O)C(=O)CC1CC1. The Balaban J connectivity index is 1.32. The normalized spacial score (nSPS) is 23.4. The maximum atomic E-state index is 14.4. The Hall–Kier alpha value is -3.30. The van der Waals surface area contributed by atoms with Crippen molar-refractivity contribution in [2.24, 2.45) is 41.4 Å². The second kappa shape index (κ2) is 16.4. The zero-order valence-electron chi connectivity index (χ0n) is 29.0. The van der Waals surface area contributed by atoms with Gasteiger partial charge in [0.1, 0.15) is 5.69 Å². The van der Waals surface area contributed by atoms with Gasteiger partial charge in [0.05, 0.1) is 18.3 Å². The number of Topliss-reactive ketones (excluding diaryl/α,β-unsaturated/α-hetero) is 4. The first-order valence-corrected chi connectivity index (χ1v) is 18.6. The number of nitrogens with zero attached hydrogens (tertiary/aromatic N) is 3. The number of rotatable bonds is 18. The number of ketones is 4. The average Bonchev–Trinajstić information content (AvgIpc) is 4.04. The molecule has 0 aromatic carbocycles. The molecule has 0 spiro atoms. The van der Waals surface area contributed by atoms with Gasteiger partial charge in [-0.3, -0.25) is 33.8 Å². The lowest BCUT2D eigenvalue weighted by Crippen LogP contribution is -2.50. The molecule has 3 saturated carbocycles. The highest BCUT2D eigenvalue weighted by Crippen LogP contribution is 2.46. The predicted octanol–water partition coefficient (Wildman–Crippen LogP) is 5.33. The van der Waals surface area contributed by atoms with E-state index in [1.54, 1.807) is 4.90 Å². The second-order valence-corrected chi connectivity index (χ2v) is 15.3. The Kier molecular flexibility index (Phi) is 12.3. The van der Waals surface area contributed by atoms with Crippen LogP contribution in [0.25, 0.3) is 0 Å². The van der Waals surface area contributed by atoms with E-state index in [0.717, 1.165) is 64.2 Å². The van der Waals surface area contributed by atoms with Crippen molar-refractivity contribution < 1.29 is 28.8 Å². The standard InChI is InChI=1S/C38H54N4O6/c1-4-8-27(36(46)33(45)19-24-11-12-24)20-32(44)35-28(25-13-14-25)15-18-42(35)38(48)29(23(2)3)21-31(43)34(26-9-6-5-7-10-26)41-37(47)30-22-39-16-17-40-30/h16-17,22-29,34-35H,4-15,18-21H2,1-3H3,(H,41,47)/t27?,28?,29-,34-,35-/m0/s1. The summed E-state index contributed by atoms with van der Waals surface area (Å²) in [5.41, 5.74) is 0.140. The van der Waals surface area contributed by atoms with Crippen molar-refractivity contribution in [2.75, 3.05) is 6.54 Å². The molecule has 10 nitrogen and oxygen atoms in total. The molecule has 2 heterocycles. The fourth-order valence-electron chi connectivity index (χ4n) is 8.17. The van der Waals surface area contributed by atoms with Crippen molar-refractivity contribution >= 4 is 34.9 Å². The summed E-state index contributed by atoms with van der Waals surface area (Å²) in [6, 6.07) is -1.38. The molecule has 4 aliphatic rings. The van der Waals surface area contributed by atoms with Crippen LogP contribution in [0.2, 0.25) is 0 Å². The summed E-state index contributed by atoms with van der Waals surface area (Å²) >= 11 is 0. The molecule has 4 fully saturated rings. The van der Waals surface area contributed by atoms with Gasteiger partial charge in [-0.25, -0.2) is 4.98 Å². The Labute approximate surface area is 285 Å². The lowest BCUT2D eigenvalue weighted by atomic mass is 9.79. The third kappa shape index (κ3) is 9.03. The van der Waals surface area contributed by atoms with E-state index in [2.05, 4.69) is 15.3 Å². The van der Waals surface area contributed by atoms with E-state index < -0.39 is 35.6 Å². The number of hydrogen-bond donors (Lipinski definition) is 1. The molecule has 1 aliphatic heterocycles. The number of hydrogen-bond acceptors (Lipinski definition) is 8. The Bertz CT molecular complexity index is 1330. The van der Waals surface area contributed by atoms with Gasteiger partial charge in [0.25, 0.3) is 5.91 Å². The molecular weight excluding hydrogens is 608 g/mol. The molecule has 2 unspecified atom stereocenters. The fourth-order valence-corrected chi connectivity index (χ4v) is 8.17. The first kappa shape index (κ1) is 36.0. The number of nitrogens with one attached hydrogen (secondary N) is 1. The van der Waals surface area contributed by atoms with Crippen LogP contribution in [0.15, 0.2) is 18.6 Å². The van der Waals surface area contributed by atoms with Crippen LogP contribution in [-0.4, -0.2) is 68.4 Å². The van der Waals surface area contributed by atoms with Crippen molar-refractivity contribution in [1.82, 2.24) is 20.2 Å². The van der Waals surface area contributed by atoms with E-state index in [4.69, 9.17) is 0 Å². The second-order valence-electron chi connectivity index (χ2n) is 15.3. The van der Waals surface area contributed by atoms with Gasteiger partial charge in [0, 0.05) is 50.0 Å². The van der Waals surface area contributed by atoms with Crippen LogP contribution < -0.4 is 5.32 Å². The number of carbonyl (C=O) groups excluding carboxylic acids is 6. The Morgan fingerprint density at radius 3 is 2.25 bits per heavy atom. The van der Waals surface area contributed by atoms with Crippen LogP contribution in [0, 0.1) is 41.4 Å². The molecule has 0 radical (unpaired) electrons. The van der Waals surface area contributed by atoms with E-state index in [1.807, 2.05) is 20.8 Å². The van der Waals surface area contributed by atoms with Crippen LogP contribution >= 0.6 is 0 Å². The molecule has 1 aromatic heterocycles. The highest BCUT2D eigenvalue weighted by Gasteiger charge is 2.50. The maximum absolute atomic E-state index is 14.4. The third-order valence-corrected chi connectivity index (χ3v) is 11.3. The van der Waals surface area contributed by atoms with Crippen molar-refractivity contribution in [3.05, 3.63) is 24.3 Å². The fraction of sp³-hybridized carbons (Fsp3) is 0.737. The zero-order chi connectivity index (χ0) is 34.4. The summed E-state index contributed by atoms with van der Waals surface area (Å²) in [4.78, 5) is 91.6. The van der Waals surface area contributed by atoms with Crippen LogP contribution in [-0.2, 0) is 24.0 Å². The molecule has 3 aliphatic carbocycles. The molecule has 1 N–H and O–H groups in total. The van der Waals surface area contributed by atoms with E-state index in [1.165, 1.54) is 18.6 Å². The third-order valence-electron chi connectivity index (χ3n) is 11.3. The molecule has 0 bridgehead atoms. The van der Waals surface area contributed by atoms with Crippen LogP contribution in [0.3, 0.4) is 0 Å². The molecular formula is C38H54N4O6. The quantitative estimate of drug-likeness (QED) is 0.208. The van der Waals surface area contributed by atoms with Gasteiger partial charge >= 0.3 is 0 Å². The molecule has 5 atom stereocenters. The lowest BCUT2D eigenvalue weighted by molar-refractivity contribution is -0.146. The molecule has 5 rings (SSSR count). The summed E-state index contributed by atoms with van der Waals surface area (Å²) < 4.78 is 0. The van der Waals surface area contributed by atoms with Gasteiger partial charge in [0.2, 0.25) is 11.7 Å². The minimum Gasteiger partial charge on any atom is -0.341 e. The monoisotopic (exact) mass is 662 g/mol. The minimum atomic E-state index is -0.738. The summed E-state index contributed by atoms with van der Waals surface area (Å²) in [5.74, 6) is -2.54. The van der Waals surface area contributed by atoms with Gasteiger partial charge in [-0.15, -0.1) is 0 Å². The zero-order valence-corrected chi connectivity index (χ0v) is 29.0. The van der Waals surface area contributed by atoms with Gasteiger partial charge in [-0.1, -0.05) is 46.5 Å². The van der Waals surface area contributed by atoms with Crippen LogP contribution in [0.5, 0.6) is 0 Å².